The van der Waals surface area contributed by atoms with Gasteiger partial charge in [0, 0.05) is 60.4 Å². The zero-order chi connectivity index (χ0) is 47.0. The monoisotopic (exact) mass is 891 g/mol. The molecule has 0 N–H and O–H groups in total. The molecular weight excluding hydrogens is 839 g/mol. The molecule has 2 aromatic heterocycles. The number of nitrogens with zero attached hydrogens (tertiary/aromatic N) is 1. The van der Waals surface area contributed by atoms with Crippen LogP contribution in [-0.4, -0.2) is 0 Å². The van der Waals surface area contributed by atoms with Crippen molar-refractivity contribution in [3.8, 4) is 44.5 Å². The summed E-state index contributed by atoms with van der Waals surface area (Å²) in [5.74, 6) is 0. The van der Waals surface area contributed by atoms with Gasteiger partial charge in [-0.1, -0.05) is 143 Å². The number of benzene rings is 9. The van der Waals surface area contributed by atoms with E-state index >= 15 is 0 Å². The summed E-state index contributed by atoms with van der Waals surface area (Å²) in [5.41, 5.74) is 28.6. The van der Waals surface area contributed by atoms with Crippen LogP contribution in [0, 0.1) is 20.8 Å². The Hall–Kier alpha value is -7.62. The molecule has 0 fully saturated rings. The normalized spacial score (nSPS) is 15.4. The van der Waals surface area contributed by atoms with Crippen LogP contribution in [0.3, 0.4) is 0 Å². The number of para-hydroxylation sites is 2. The fourth-order valence-electron chi connectivity index (χ4n) is 13.1. The van der Waals surface area contributed by atoms with Gasteiger partial charge < -0.3 is 13.7 Å². The third-order valence-corrected chi connectivity index (χ3v) is 16.6. The van der Waals surface area contributed by atoms with Crippen molar-refractivity contribution in [1.82, 2.24) is 0 Å². The molecule has 0 spiro atoms. The summed E-state index contributed by atoms with van der Waals surface area (Å²) in [6, 6.07) is 59.3. The lowest BCUT2D eigenvalue weighted by Crippen LogP contribution is -2.18. The second-order valence-corrected chi connectivity index (χ2v) is 21.9. The molecule has 3 nitrogen and oxygen atoms in total. The summed E-state index contributed by atoms with van der Waals surface area (Å²) in [5, 5.41) is 4.77. The maximum atomic E-state index is 6.86. The molecule has 334 valence electrons. The van der Waals surface area contributed by atoms with E-state index in [1.54, 1.807) is 0 Å². The van der Waals surface area contributed by atoms with Crippen molar-refractivity contribution in [3.63, 3.8) is 0 Å². The summed E-state index contributed by atoms with van der Waals surface area (Å²) in [7, 11) is 0. The number of anilines is 3. The highest BCUT2D eigenvalue weighted by molar-refractivity contribution is 6.19. The fourth-order valence-corrected chi connectivity index (χ4v) is 13.1. The number of aryl methyl sites for hydroxylation is 3. The van der Waals surface area contributed by atoms with Gasteiger partial charge in [0.1, 0.15) is 22.3 Å². The van der Waals surface area contributed by atoms with Crippen LogP contribution in [0.5, 0.6) is 0 Å². The van der Waals surface area contributed by atoms with Crippen molar-refractivity contribution in [2.24, 2.45) is 0 Å². The molecule has 0 saturated heterocycles. The van der Waals surface area contributed by atoms with Gasteiger partial charge >= 0.3 is 0 Å². The van der Waals surface area contributed by atoms with Crippen LogP contribution in [-0.2, 0) is 16.2 Å². The number of hydrogen-bond acceptors (Lipinski definition) is 3. The second-order valence-electron chi connectivity index (χ2n) is 21.9. The van der Waals surface area contributed by atoms with E-state index < -0.39 is 0 Å². The highest BCUT2D eigenvalue weighted by Crippen LogP contribution is 2.60. The van der Waals surface area contributed by atoms with E-state index in [9.17, 15) is 0 Å². The molecule has 0 atom stereocenters. The Kier molecular flexibility index (Phi) is 7.94. The predicted molar refractivity (Wildman–Crippen MR) is 288 cm³/mol. The Morgan fingerprint density at radius 2 is 0.870 bits per heavy atom. The molecule has 11 aromatic rings. The minimum atomic E-state index is -0.289. The molecule has 9 aromatic carbocycles. The molecule has 14 rings (SSSR count). The molecule has 3 aliphatic rings. The molecule has 0 aliphatic heterocycles. The molecule has 2 heterocycles. The zero-order valence-electron chi connectivity index (χ0n) is 40.8. The maximum absolute atomic E-state index is 6.86. The van der Waals surface area contributed by atoms with E-state index in [1.807, 2.05) is 0 Å². The SMILES string of the molecule is Cc1ccc(N(c2ccc3c(c2)C(C)(C)c2cc4c(cc2-3)C(C)(C)c2ccc3oc5ccccc5c3c2-4)c2ccc3c(c2)C(C)(C)c2cc(-c4cc(C)cc(C)c4)c4oc5ccccc5c4c2-3)cc1. The lowest BCUT2D eigenvalue weighted by atomic mass is 9.79. The van der Waals surface area contributed by atoms with E-state index in [2.05, 4.69) is 225 Å². The number of furan rings is 2. The van der Waals surface area contributed by atoms with Crippen LogP contribution in [0.15, 0.2) is 167 Å². The first-order valence-corrected chi connectivity index (χ1v) is 24.6. The van der Waals surface area contributed by atoms with Gasteiger partial charge in [-0.2, -0.15) is 0 Å². The van der Waals surface area contributed by atoms with Gasteiger partial charge in [-0.05, 0) is 166 Å². The van der Waals surface area contributed by atoms with Crippen molar-refractivity contribution in [2.45, 2.75) is 78.6 Å². The first-order chi connectivity index (χ1) is 33.2. The van der Waals surface area contributed by atoms with E-state index in [-0.39, 0.29) is 16.2 Å². The fraction of sp³-hybridized carbons (Fsp3) is 0.182. The van der Waals surface area contributed by atoms with Crippen LogP contribution in [0.2, 0.25) is 0 Å². The Labute approximate surface area is 403 Å². The van der Waals surface area contributed by atoms with Crippen molar-refractivity contribution >= 4 is 60.9 Å². The number of fused-ring (bicyclic) bond motifs is 17. The van der Waals surface area contributed by atoms with E-state index in [4.69, 9.17) is 8.83 Å². The molecule has 3 heteroatoms. The van der Waals surface area contributed by atoms with E-state index in [0.29, 0.717) is 0 Å². The summed E-state index contributed by atoms with van der Waals surface area (Å²) in [4.78, 5) is 2.47. The zero-order valence-corrected chi connectivity index (χ0v) is 40.8. The van der Waals surface area contributed by atoms with Crippen molar-refractivity contribution in [3.05, 3.63) is 208 Å². The van der Waals surface area contributed by atoms with Crippen LogP contribution < -0.4 is 4.90 Å². The van der Waals surface area contributed by atoms with Gasteiger partial charge in [-0.25, -0.2) is 0 Å². The lowest BCUT2D eigenvalue weighted by molar-refractivity contribution is 0.651. The molecular formula is C66H53NO2. The van der Waals surface area contributed by atoms with E-state index in [1.165, 1.54) is 105 Å². The van der Waals surface area contributed by atoms with E-state index in [0.717, 1.165) is 50.3 Å². The van der Waals surface area contributed by atoms with Crippen LogP contribution in [0.1, 0.15) is 91.6 Å². The Morgan fingerprint density at radius 3 is 1.58 bits per heavy atom. The Bertz CT molecular complexity index is 4050. The first-order valence-electron chi connectivity index (χ1n) is 24.6. The molecule has 0 radical (unpaired) electrons. The average molecular weight is 892 g/mol. The average Bonchev–Trinajstić information content (AvgIpc) is 4.08. The van der Waals surface area contributed by atoms with Crippen LogP contribution >= 0.6 is 0 Å². The topological polar surface area (TPSA) is 29.5 Å². The third-order valence-electron chi connectivity index (χ3n) is 16.6. The lowest BCUT2D eigenvalue weighted by Gasteiger charge is -2.30. The first kappa shape index (κ1) is 40.4. The molecule has 0 amide bonds. The largest absolute Gasteiger partial charge is 0.456 e. The van der Waals surface area contributed by atoms with Gasteiger partial charge in [-0.3, -0.25) is 0 Å². The van der Waals surface area contributed by atoms with Crippen LogP contribution in [0.4, 0.5) is 17.1 Å². The van der Waals surface area contributed by atoms with Crippen molar-refractivity contribution in [1.29, 1.82) is 0 Å². The molecule has 69 heavy (non-hydrogen) atoms. The standard InChI is InChI=1S/C66H53NO2/c1-36-18-20-40(21-19-36)67(42-23-25-44-52(32-42)66(8,9)55-33-47(39-29-37(2)28-38(3)30-39)63-62(59(44)55)46-15-11-13-17-57(46)69-63)41-22-24-43-48-34-54-49(35-53(48)65(6,7)51(43)31-41)60-50(64(54,4)5)26-27-58-61(60)45-14-10-12-16-56(45)68-58/h10-35H,1-9H3. The molecule has 0 bridgehead atoms. The third kappa shape index (κ3) is 5.39. The maximum Gasteiger partial charge on any atom is 0.143 e. The summed E-state index contributed by atoms with van der Waals surface area (Å²) in [6.07, 6.45) is 0. The smallest absolute Gasteiger partial charge is 0.143 e. The minimum Gasteiger partial charge on any atom is -0.456 e. The molecule has 0 saturated carbocycles. The van der Waals surface area contributed by atoms with Crippen LogP contribution in [0.25, 0.3) is 88.4 Å². The quantitative estimate of drug-likeness (QED) is 0.176. The van der Waals surface area contributed by atoms with Crippen molar-refractivity contribution in [2.75, 3.05) is 4.90 Å². The summed E-state index contributed by atoms with van der Waals surface area (Å²) in [6.45, 7) is 21.0. The van der Waals surface area contributed by atoms with Gasteiger partial charge in [0.05, 0.1) is 0 Å². The summed E-state index contributed by atoms with van der Waals surface area (Å²) >= 11 is 0. The van der Waals surface area contributed by atoms with Gasteiger partial charge in [0.25, 0.3) is 0 Å². The predicted octanol–water partition coefficient (Wildman–Crippen LogP) is 18.5. The number of rotatable bonds is 4. The minimum absolute atomic E-state index is 0.167. The Morgan fingerprint density at radius 1 is 0.348 bits per heavy atom. The summed E-state index contributed by atoms with van der Waals surface area (Å²) < 4.78 is 13.3. The highest BCUT2D eigenvalue weighted by Gasteiger charge is 2.44. The molecule has 3 aliphatic carbocycles. The van der Waals surface area contributed by atoms with Gasteiger partial charge in [0.15, 0.2) is 0 Å². The molecule has 0 unspecified atom stereocenters. The Balaban J connectivity index is 0.930. The highest BCUT2D eigenvalue weighted by atomic mass is 16.3. The van der Waals surface area contributed by atoms with Gasteiger partial charge in [0.2, 0.25) is 0 Å². The van der Waals surface area contributed by atoms with Gasteiger partial charge in [-0.15, -0.1) is 0 Å². The number of hydrogen-bond donors (Lipinski definition) is 0. The second kappa shape index (κ2) is 13.5. The van der Waals surface area contributed by atoms with Crippen molar-refractivity contribution < 1.29 is 8.83 Å².